The summed E-state index contributed by atoms with van der Waals surface area (Å²) in [7, 11) is 2.04. The number of carboxylic acid groups (broad SMARTS) is 1. The number of benzene rings is 2. The van der Waals surface area contributed by atoms with Crippen LogP contribution in [0.2, 0.25) is 0 Å². The summed E-state index contributed by atoms with van der Waals surface area (Å²) >= 11 is 0. The van der Waals surface area contributed by atoms with Crippen molar-refractivity contribution in [3.63, 3.8) is 0 Å². The standard InChI is InChI=1S/C31H37N7O7S/c1-20-8-6-7-9-23(20)34-31(42)35-24-12-10-21(14-26(24)45-5)15-29(39)37(3)27-13-11-22(17-32-27)25(16-30(40)41)38(4)46(43,44)28-18-36(2)19-33-28/h6-14,17,25H,15-16,18-19H2,1-5H3,(H,40,41)(H2,34,35,42). The molecule has 46 heavy (non-hydrogen) atoms. The number of urea groups is 1. The van der Waals surface area contributed by atoms with E-state index in [0.29, 0.717) is 28.3 Å². The van der Waals surface area contributed by atoms with Gasteiger partial charge in [-0.25, -0.2) is 18.2 Å². The molecule has 1 unspecified atom stereocenters. The Morgan fingerprint density at radius 2 is 1.78 bits per heavy atom. The Kier molecular flexibility index (Phi) is 10.7. The van der Waals surface area contributed by atoms with Crippen molar-refractivity contribution in [3.8, 4) is 5.75 Å². The highest BCUT2D eigenvalue weighted by Crippen LogP contribution is 2.29. The molecule has 0 saturated carbocycles. The fourth-order valence-corrected chi connectivity index (χ4v) is 6.27. The highest BCUT2D eigenvalue weighted by molar-refractivity contribution is 8.04. The minimum Gasteiger partial charge on any atom is -0.495 e. The van der Waals surface area contributed by atoms with Crippen molar-refractivity contribution in [1.82, 2.24) is 14.2 Å². The molecule has 0 bridgehead atoms. The zero-order chi connectivity index (χ0) is 33.6. The first kappa shape index (κ1) is 34.0. The van der Waals surface area contributed by atoms with Gasteiger partial charge in [0.05, 0.1) is 44.9 Å². The van der Waals surface area contributed by atoms with E-state index in [1.807, 2.05) is 25.1 Å². The molecule has 1 aliphatic rings. The van der Waals surface area contributed by atoms with E-state index < -0.39 is 34.5 Å². The van der Waals surface area contributed by atoms with Crippen LogP contribution in [0.15, 0.2) is 65.8 Å². The van der Waals surface area contributed by atoms with Gasteiger partial charge in [-0.1, -0.05) is 30.3 Å². The number of aromatic nitrogens is 1. The van der Waals surface area contributed by atoms with Crippen molar-refractivity contribution in [2.45, 2.75) is 25.8 Å². The number of carboxylic acids is 1. The second kappa shape index (κ2) is 14.5. The van der Waals surface area contributed by atoms with Gasteiger partial charge in [-0.05, 0) is 54.9 Å². The Morgan fingerprint density at radius 3 is 2.39 bits per heavy atom. The molecule has 15 heteroatoms. The van der Waals surface area contributed by atoms with Crippen LogP contribution in [0.25, 0.3) is 0 Å². The number of para-hydroxylation sites is 1. The van der Waals surface area contributed by atoms with E-state index in [9.17, 15) is 27.9 Å². The number of ether oxygens (including phenoxy) is 1. The molecule has 1 aromatic heterocycles. The van der Waals surface area contributed by atoms with Gasteiger partial charge in [0.1, 0.15) is 11.6 Å². The summed E-state index contributed by atoms with van der Waals surface area (Å²) in [4.78, 5) is 48.9. The third kappa shape index (κ3) is 8.04. The number of methoxy groups -OCH3 is 1. The summed E-state index contributed by atoms with van der Waals surface area (Å²) in [6.07, 6.45) is 0.868. The Labute approximate surface area is 267 Å². The summed E-state index contributed by atoms with van der Waals surface area (Å²) in [5.41, 5.74) is 2.99. The number of amides is 3. The number of aliphatic imine (C=N–C) groups is 1. The quantitative estimate of drug-likeness (QED) is 0.281. The SMILES string of the molecule is COc1cc(CC(=O)N(C)c2ccc(C(CC(=O)O)N(C)S(=O)(=O)C3=NCN(C)C3)cn2)ccc1NC(=O)Nc1ccccc1C. The minimum absolute atomic E-state index is 0.00877. The molecule has 3 aromatic rings. The van der Waals surface area contributed by atoms with E-state index in [4.69, 9.17) is 4.74 Å². The number of anilines is 3. The molecule has 0 fully saturated rings. The number of aliphatic carboxylic acids is 1. The van der Waals surface area contributed by atoms with E-state index in [1.165, 1.54) is 31.3 Å². The van der Waals surface area contributed by atoms with Crippen LogP contribution in [0, 0.1) is 6.92 Å². The lowest BCUT2D eigenvalue weighted by molar-refractivity contribution is -0.138. The molecule has 14 nitrogen and oxygen atoms in total. The van der Waals surface area contributed by atoms with Gasteiger partial charge in [0.2, 0.25) is 5.91 Å². The number of carbonyl (C=O) groups is 3. The number of sulfonamides is 1. The van der Waals surface area contributed by atoms with Crippen molar-refractivity contribution in [1.29, 1.82) is 0 Å². The van der Waals surface area contributed by atoms with Crippen molar-refractivity contribution >= 4 is 50.2 Å². The number of rotatable bonds is 11. The van der Waals surface area contributed by atoms with Crippen molar-refractivity contribution in [2.24, 2.45) is 4.99 Å². The highest BCUT2D eigenvalue weighted by atomic mass is 32.2. The average Bonchev–Trinajstić information content (AvgIpc) is 3.48. The molecule has 0 aliphatic carbocycles. The number of pyridine rings is 1. The number of nitrogens with zero attached hydrogens (tertiary/aromatic N) is 5. The lowest BCUT2D eigenvalue weighted by Crippen LogP contribution is -2.39. The van der Waals surface area contributed by atoms with E-state index in [1.54, 1.807) is 49.3 Å². The fourth-order valence-electron chi connectivity index (χ4n) is 4.80. The van der Waals surface area contributed by atoms with Crippen LogP contribution in [0.5, 0.6) is 5.75 Å². The second-order valence-electron chi connectivity index (χ2n) is 10.9. The van der Waals surface area contributed by atoms with E-state index in [-0.39, 0.29) is 36.4 Å². The maximum absolute atomic E-state index is 13.2. The van der Waals surface area contributed by atoms with Gasteiger partial charge >= 0.3 is 12.0 Å². The molecule has 4 rings (SSSR count). The topological polar surface area (TPSA) is 174 Å². The molecule has 1 aliphatic heterocycles. The van der Waals surface area contributed by atoms with Crippen molar-refractivity contribution in [3.05, 3.63) is 77.5 Å². The second-order valence-corrected chi connectivity index (χ2v) is 12.8. The fraction of sp³-hybridized carbons (Fsp3) is 0.323. The Bertz CT molecular complexity index is 1750. The van der Waals surface area contributed by atoms with Gasteiger partial charge in [-0.3, -0.25) is 24.4 Å². The summed E-state index contributed by atoms with van der Waals surface area (Å²) in [5, 5.41) is 15.0. The largest absolute Gasteiger partial charge is 0.495 e. The van der Waals surface area contributed by atoms with Crippen LogP contribution in [0.1, 0.15) is 29.2 Å². The molecule has 0 radical (unpaired) electrons. The minimum atomic E-state index is -4.02. The first-order valence-corrected chi connectivity index (χ1v) is 15.7. The predicted molar refractivity (Wildman–Crippen MR) is 175 cm³/mol. The Balaban J connectivity index is 1.44. The normalized spacial score (nSPS) is 14.0. The lowest BCUT2D eigenvalue weighted by atomic mass is 10.1. The summed E-state index contributed by atoms with van der Waals surface area (Å²) < 4.78 is 32.8. The third-order valence-electron chi connectivity index (χ3n) is 7.51. The number of likely N-dealkylation sites (N-methyl/N-ethyl adjacent to an activating group) is 1. The van der Waals surface area contributed by atoms with E-state index in [2.05, 4.69) is 20.6 Å². The molecule has 2 aromatic carbocycles. The van der Waals surface area contributed by atoms with Crippen LogP contribution >= 0.6 is 0 Å². The predicted octanol–water partition coefficient (Wildman–Crippen LogP) is 3.33. The summed E-state index contributed by atoms with van der Waals surface area (Å²) in [6, 6.07) is 14.0. The van der Waals surface area contributed by atoms with Gasteiger partial charge in [-0.2, -0.15) is 4.31 Å². The number of nitrogens with one attached hydrogen (secondary N) is 2. The van der Waals surface area contributed by atoms with Crippen LogP contribution < -0.4 is 20.3 Å². The summed E-state index contributed by atoms with van der Waals surface area (Å²) in [5.74, 6) is -0.828. The monoisotopic (exact) mass is 651 g/mol. The van der Waals surface area contributed by atoms with Gasteiger partial charge in [0.15, 0.2) is 5.04 Å². The molecular weight excluding hydrogens is 614 g/mol. The van der Waals surface area contributed by atoms with Gasteiger partial charge in [-0.15, -0.1) is 0 Å². The highest BCUT2D eigenvalue weighted by Gasteiger charge is 2.35. The molecule has 3 amide bonds. The van der Waals surface area contributed by atoms with Gasteiger partial charge in [0, 0.05) is 26.0 Å². The number of aryl methyl sites for hydroxylation is 1. The smallest absolute Gasteiger partial charge is 0.323 e. The molecular formula is C31H37N7O7S. The number of hydrogen-bond donors (Lipinski definition) is 3. The van der Waals surface area contributed by atoms with E-state index in [0.717, 1.165) is 9.87 Å². The molecule has 0 spiro atoms. The van der Waals surface area contributed by atoms with Crippen LogP contribution in [-0.4, -0.2) is 92.1 Å². The van der Waals surface area contributed by atoms with Crippen molar-refractivity contribution < 1.29 is 32.6 Å². The molecule has 0 saturated heterocycles. The molecule has 2 heterocycles. The van der Waals surface area contributed by atoms with Crippen molar-refractivity contribution in [2.75, 3.05) is 57.0 Å². The molecule has 1 atom stereocenters. The first-order chi connectivity index (χ1) is 21.8. The molecule has 3 N–H and O–H groups in total. The number of hydrogen-bond acceptors (Lipinski definition) is 9. The van der Waals surface area contributed by atoms with Crippen LogP contribution in [0.4, 0.5) is 22.0 Å². The summed E-state index contributed by atoms with van der Waals surface area (Å²) in [6.45, 7) is 2.25. The maximum Gasteiger partial charge on any atom is 0.323 e. The van der Waals surface area contributed by atoms with E-state index >= 15 is 0 Å². The van der Waals surface area contributed by atoms with Crippen LogP contribution in [0.3, 0.4) is 0 Å². The third-order valence-corrected chi connectivity index (χ3v) is 9.38. The van der Waals surface area contributed by atoms with Crippen LogP contribution in [-0.2, 0) is 26.0 Å². The molecule has 244 valence electrons. The first-order valence-electron chi connectivity index (χ1n) is 14.2. The lowest BCUT2D eigenvalue weighted by Gasteiger charge is -2.27. The zero-order valence-corrected chi connectivity index (χ0v) is 27.0. The van der Waals surface area contributed by atoms with Gasteiger partial charge in [0.25, 0.3) is 10.0 Å². The Morgan fingerprint density at radius 1 is 1.07 bits per heavy atom. The maximum atomic E-state index is 13.2. The Hall–Kier alpha value is -4.86. The van der Waals surface area contributed by atoms with Gasteiger partial charge < -0.3 is 20.5 Å². The average molecular weight is 652 g/mol. The zero-order valence-electron chi connectivity index (χ0n) is 26.2. The number of carbonyl (C=O) groups excluding carboxylic acids is 2.